The summed E-state index contributed by atoms with van der Waals surface area (Å²) in [5.41, 5.74) is 2.45. The van der Waals surface area contributed by atoms with Crippen molar-refractivity contribution in [2.45, 2.75) is 5.78 Å². The van der Waals surface area contributed by atoms with Gasteiger partial charge in [-0.1, -0.05) is 109 Å². The highest BCUT2D eigenvalue weighted by Gasteiger charge is 2.26. The molecule has 1 atom stereocenters. The van der Waals surface area contributed by atoms with Gasteiger partial charge in [-0.15, -0.1) is 0 Å². The quantitative estimate of drug-likeness (QED) is 0.343. The van der Waals surface area contributed by atoms with Gasteiger partial charge in [-0.3, -0.25) is 0 Å². The van der Waals surface area contributed by atoms with Crippen LogP contribution in [0.1, 0.15) is 11.3 Å². The summed E-state index contributed by atoms with van der Waals surface area (Å²) < 4.78 is 0. The zero-order chi connectivity index (χ0) is 18.3. The molecule has 4 aromatic carbocycles. The van der Waals surface area contributed by atoms with Crippen LogP contribution >= 0.6 is 7.92 Å². The van der Waals surface area contributed by atoms with Gasteiger partial charge in [0.2, 0.25) is 0 Å². The molecule has 0 aliphatic carbocycles. The van der Waals surface area contributed by atoms with Crippen molar-refractivity contribution in [3.8, 4) is 0 Å². The van der Waals surface area contributed by atoms with Crippen molar-refractivity contribution in [2.24, 2.45) is 0 Å². The van der Waals surface area contributed by atoms with E-state index < -0.39 is 7.92 Å². The van der Waals surface area contributed by atoms with Crippen LogP contribution in [0.25, 0.3) is 0 Å². The van der Waals surface area contributed by atoms with E-state index in [0.717, 1.165) is 5.69 Å². The zero-order valence-electron chi connectivity index (χ0n) is 15.6. The van der Waals surface area contributed by atoms with E-state index in [0.29, 0.717) is 0 Å². The van der Waals surface area contributed by atoms with E-state index in [4.69, 9.17) is 0 Å². The van der Waals surface area contributed by atoms with Crippen molar-refractivity contribution in [2.75, 3.05) is 5.32 Å². The predicted octanol–water partition coefficient (Wildman–Crippen LogP) is 5.55. The molecule has 1 N–H and O–H groups in total. The Morgan fingerprint density at radius 1 is 0.500 bits per heavy atom. The first-order valence-corrected chi connectivity index (χ1v) is 10.6. The highest BCUT2D eigenvalue weighted by Crippen LogP contribution is 2.49. The van der Waals surface area contributed by atoms with Gasteiger partial charge in [0.05, 0.1) is 5.78 Å². The van der Waals surface area contributed by atoms with Crippen LogP contribution in [-0.2, 0) is 0 Å². The lowest BCUT2D eigenvalue weighted by Gasteiger charge is -2.30. The molecule has 1 unspecified atom stereocenters. The van der Waals surface area contributed by atoms with Gasteiger partial charge in [-0.05, 0) is 36.2 Å². The Balaban J connectivity index is 0.00000225. The summed E-state index contributed by atoms with van der Waals surface area (Å²) in [5.74, 6) is 0.188. The molecule has 0 saturated heterocycles. The fourth-order valence-electron chi connectivity index (χ4n) is 3.25. The monoisotopic (exact) mass is 378 g/mol. The molecule has 0 amide bonds. The van der Waals surface area contributed by atoms with Crippen LogP contribution in [0.3, 0.4) is 0 Å². The van der Waals surface area contributed by atoms with E-state index in [1.807, 2.05) is 0 Å². The van der Waals surface area contributed by atoms with E-state index in [9.17, 15) is 0 Å². The maximum atomic E-state index is 3.82. The van der Waals surface area contributed by atoms with Crippen LogP contribution in [0.4, 0.5) is 5.69 Å². The molecule has 0 saturated carbocycles. The van der Waals surface area contributed by atoms with E-state index in [1.165, 1.54) is 16.2 Å². The van der Waals surface area contributed by atoms with Crippen molar-refractivity contribution in [3.63, 3.8) is 0 Å². The highest BCUT2D eigenvalue weighted by atomic mass is 31.1. The summed E-state index contributed by atoms with van der Waals surface area (Å²) in [5, 5.41) is 6.56. The van der Waals surface area contributed by atoms with E-state index in [-0.39, 0.29) is 14.2 Å². The summed E-state index contributed by atoms with van der Waals surface area (Å²) in [6.45, 7) is 0. The van der Waals surface area contributed by atoms with Gasteiger partial charge in [-0.2, -0.15) is 0 Å². The Morgan fingerprint density at radius 3 is 1.36 bits per heavy atom. The molecule has 0 aliphatic rings. The third kappa shape index (κ3) is 4.71. The molecule has 0 fully saturated rings. The fraction of sp³-hybridized carbons (Fsp3) is 0.0400. The lowest BCUT2D eigenvalue weighted by atomic mass is 10.2. The smallest absolute Gasteiger partial charge is 0.0793 e. The van der Waals surface area contributed by atoms with Crippen molar-refractivity contribution in [1.29, 1.82) is 0 Å². The summed E-state index contributed by atoms with van der Waals surface area (Å²) in [4.78, 5) is 0. The predicted molar refractivity (Wildman–Crippen MR) is 124 cm³/mol. The number of para-hydroxylation sites is 1. The molecule has 3 radical (unpaired) electrons. The molecule has 1 nitrogen and oxygen atoms in total. The molecule has 4 rings (SSSR count). The SMILES string of the molecule is [B].c1ccc(NC(c2ccccc2)P(c2ccccc2)c2ccccc2)cc1. The van der Waals surface area contributed by atoms with Gasteiger partial charge in [0.1, 0.15) is 0 Å². The van der Waals surface area contributed by atoms with Gasteiger partial charge in [0.25, 0.3) is 0 Å². The maximum Gasteiger partial charge on any atom is 0.0793 e. The summed E-state index contributed by atoms with van der Waals surface area (Å²) >= 11 is 0. The van der Waals surface area contributed by atoms with E-state index >= 15 is 0 Å². The first kappa shape index (κ1) is 19.9. The van der Waals surface area contributed by atoms with Crippen molar-refractivity contribution in [3.05, 3.63) is 127 Å². The summed E-state index contributed by atoms with van der Waals surface area (Å²) in [7, 11) is -0.625. The topological polar surface area (TPSA) is 12.0 Å². The largest absolute Gasteiger partial charge is 0.374 e. The van der Waals surface area contributed by atoms with Crippen molar-refractivity contribution < 1.29 is 0 Å². The number of anilines is 1. The average molecular weight is 378 g/mol. The molecule has 135 valence electrons. The first-order valence-electron chi connectivity index (χ1n) is 9.18. The van der Waals surface area contributed by atoms with Gasteiger partial charge in [0, 0.05) is 14.1 Å². The van der Waals surface area contributed by atoms with Crippen LogP contribution in [0, 0.1) is 0 Å². The molecule has 28 heavy (non-hydrogen) atoms. The van der Waals surface area contributed by atoms with Crippen LogP contribution in [-0.4, -0.2) is 8.41 Å². The van der Waals surface area contributed by atoms with Crippen molar-refractivity contribution >= 4 is 32.6 Å². The minimum atomic E-state index is -0.625. The Hall–Kier alpha value is -2.83. The molecule has 0 aliphatic heterocycles. The average Bonchev–Trinajstić information content (AvgIpc) is 2.76. The third-order valence-electron chi connectivity index (χ3n) is 4.52. The van der Waals surface area contributed by atoms with Gasteiger partial charge < -0.3 is 5.32 Å². The minimum Gasteiger partial charge on any atom is -0.374 e. The highest BCUT2D eigenvalue weighted by molar-refractivity contribution is 7.73. The van der Waals surface area contributed by atoms with E-state index in [1.54, 1.807) is 0 Å². The number of hydrogen-bond acceptors (Lipinski definition) is 1. The molecule has 0 heterocycles. The second kappa shape index (κ2) is 9.92. The van der Waals surface area contributed by atoms with Crippen LogP contribution < -0.4 is 15.9 Å². The Labute approximate surface area is 170 Å². The van der Waals surface area contributed by atoms with E-state index in [2.05, 4.69) is 127 Å². The van der Waals surface area contributed by atoms with Gasteiger partial charge in [0.15, 0.2) is 0 Å². The van der Waals surface area contributed by atoms with Gasteiger partial charge >= 0.3 is 0 Å². The molecule has 0 aromatic heterocycles. The van der Waals surface area contributed by atoms with Crippen LogP contribution in [0.2, 0.25) is 0 Å². The molecule has 4 aromatic rings. The molecule has 0 bridgehead atoms. The number of hydrogen-bond donors (Lipinski definition) is 1. The van der Waals surface area contributed by atoms with Crippen LogP contribution in [0.5, 0.6) is 0 Å². The lowest BCUT2D eigenvalue weighted by Crippen LogP contribution is -2.22. The standard InChI is InChI=1S/C25H22NP.B/c1-5-13-21(14-6-1)25(26-22-15-7-2-8-16-22)27(23-17-9-3-10-18-23)24-19-11-4-12-20-24;/h1-20,25-26H;. The zero-order valence-corrected chi connectivity index (χ0v) is 16.5. The minimum absolute atomic E-state index is 0. The summed E-state index contributed by atoms with van der Waals surface area (Å²) in [6, 6.07) is 43.0. The fourth-order valence-corrected chi connectivity index (χ4v) is 5.88. The normalized spacial score (nSPS) is 11.5. The number of nitrogens with one attached hydrogen (secondary N) is 1. The summed E-state index contributed by atoms with van der Waals surface area (Å²) in [6.07, 6.45) is 0. The maximum absolute atomic E-state index is 3.82. The third-order valence-corrected chi connectivity index (χ3v) is 7.17. The molecule has 3 heteroatoms. The number of benzene rings is 4. The number of rotatable bonds is 6. The Morgan fingerprint density at radius 2 is 0.893 bits per heavy atom. The van der Waals surface area contributed by atoms with Crippen LogP contribution in [0.15, 0.2) is 121 Å². The lowest BCUT2D eigenvalue weighted by molar-refractivity contribution is 1.10. The Bertz CT molecular complexity index is 907. The van der Waals surface area contributed by atoms with Crippen molar-refractivity contribution in [1.82, 2.24) is 0 Å². The second-order valence-corrected chi connectivity index (χ2v) is 8.65. The first-order chi connectivity index (χ1) is 13.4. The van der Waals surface area contributed by atoms with Gasteiger partial charge in [-0.25, -0.2) is 0 Å². The molecular formula is C25H22BNP. The molecule has 0 spiro atoms. The molecular weight excluding hydrogens is 356 g/mol. The Kier molecular flexibility index (Phi) is 7.06. The second-order valence-electron chi connectivity index (χ2n) is 6.36.